The molecule has 2 N–H and O–H groups in total. The molecule has 7 heteroatoms. The number of hydrogen-bond donors (Lipinski definition) is 2. The summed E-state index contributed by atoms with van der Waals surface area (Å²) in [6, 6.07) is 11.6. The Morgan fingerprint density at radius 3 is 2.52 bits per heavy atom. The van der Waals surface area contributed by atoms with Gasteiger partial charge in [-0.3, -0.25) is 4.79 Å². The molecule has 0 saturated carbocycles. The second-order valence-corrected chi connectivity index (χ2v) is 7.55. The van der Waals surface area contributed by atoms with Crippen molar-refractivity contribution in [3.05, 3.63) is 52.4 Å². The maximum absolute atomic E-state index is 12.5. The third-order valence-corrected chi connectivity index (χ3v) is 5.27. The van der Waals surface area contributed by atoms with E-state index in [1.807, 2.05) is 63.2 Å². The molecule has 29 heavy (non-hydrogen) atoms. The van der Waals surface area contributed by atoms with Crippen LogP contribution in [0.1, 0.15) is 25.0 Å². The van der Waals surface area contributed by atoms with Crippen molar-refractivity contribution in [2.75, 3.05) is 25.6 Å². The minimum atomic E-state index is -0.279. The Bertz CT molecular complexity index is 914. The van der Waals surface area contributed by atoms with Crippen LogP contribution in [0.3, 0.4) is 0 Å². The Morgan fingerprint density at radius 2 is 1.79 bits per heavy atom. The largest absolute Gasteiger partial charge is 0.495 e. The van der Waals surface area contributed by atoms with Gasteiger partial charge in [0.2, 0.25) is 0 Å². The summed E-state index contributed by atoms with van der Waals surface area (Å²) in [5.41, 5.74) is 2.55. The third kappa shape index (κ3) is 5.17. The molecule has 3 rings (SSSR count). The summed E-state index contributed by atoms with van der Waals surface area (Å²) in [7, 11) is 1.63. The summed E-state index contributed by atoms with van der Waals surface area (Å²) in [5, 5.41) is 6.27. The summed E-state index contributed by atoms with van der Waals surface area (Å²) in [6.45, 7) is 6.98. The molecule has 1 unspecified atom stereocenters. The van der Waals surface area contributed by atoms with E-state index < -0.39 is 0 Å². The molecule has 1 aliphatic rings. The summed E-state index contributed by atoms with van der Waals surface area (Å²) in [5.74, 6) is 1.99. The van der Waals surface area contributed by atoms with Crippen molar-refractivity contribution in [3.8, 4) is 17.2 Å². The van der Waals surface area contributed by atoms with E-state index in [0.717, 1.165) is 22.6 Å². The second kappa shape index (κ2) is 9.60. The van der Waals surface area contributed by atoms with Crippen molar-refractivity contribution in [1.82, 2.24) is 5.32 Å². The molecule has 0 aromatic heterocycles. The maximum atomic E-state index is 12.5. The third-order valence-electron chi connectivity index (χ3n) is 4.24. The lowest BCUT2D eigenvalue weighted by atomic mass is 10.2. The lowest BCUT2D eigenvalue weighted by Crippen LogP contribution is -2.31. The smallest absolute Gasteiger partial charge is 0.260 e. The van der Waals surface area contributed by atoms with Gasteiger partial charge in [0.25, 0.3) is 5.91 Å². The van der Waals surface area contributed by atoms with Gasteiger partial charge in [0, 0.05) is 0 Å². The standard InChI is InChI=1S/C22H26N2O4S/c1-5-27-18-10-8-15(12-19(18)28-6-2)13-20-21(25)24-22(29-20)23-16-11-14(3)7-9-17(16)26-4/h7-13,22-23H,5-6H2,1-4H3,(H,24,25)/b20-13-. The van der Waals surface area contributed by atoms with Gasteiger partial charge < -0.3 is 24.8 Å². The van der Waals surface area contributed by atoms with Gasteiger partial charge in [-0.15, -0.1) is 0 Å². The van der Waals surface area contributed by atoms with E-state index in [-0.39, 0.29) is 11.4 Å². The lowest BCUT2D eigenvalue weighted by Gasteiger charge is -2.16. The van der Waals surface area contributed by atoms with Gasteiger partial charge in [-0.25, -0.2) is 0 Å². The first-order chi connectivity index (χ1) is 14.0. The van der Waals surface area contributed by atoms with Crippen LogP contribution in [-0.2, 0) is 4.79 Å². The minimum Gasteiger partial charge on any atom is -0.495 e. The predicted molar refractivity (Wildman–Crippen MR) is 118 cm³/mol. The Labute approximate surface area is 175 Å². The van der Waals surface area contributed by atoms with Gasteiger partial charge in [-0.05, 0) is 62.2 Å². The van der Waals surface area contributed by atoms with Crippen molar-refractivity contribution in [1.29, 1.82) is 0 Å². The molecule has 0 radical (unpaired) electrons. The van der Waals surface area contributed by atoms with Crippen molar-refractivity contribution >= 4 is 29.4 Å². The molecule has 1 saturated heterocycles. The van der Waals surface area contributed by atoms with Gasteiger partial charge in [0.15, 0.2) is 17.0 Å². The maximum Gasteiger partial charge on any atom is 0.260 e. The number of aryl methyl sites for hydroxylation is 1. The zero-order chi connectivity index (χ0) is 20.8. The van der Waals surface area contributed by atoms with E-state index in [1.54, 1.807) is 7.11 Å². The zero-order valence-corrected chi connectivity index (χ0v) is 17.9. The van der Waals surface area contributed by atoms with Crippen LogP contribution in [0.5, 0.6) is 17.2 Å². The average molecular weight is 415 g/mol. The van der Waals surface area contributed by atoms with Crippen molar-refractivity contribution < 1.29 is 19.0 Å². The van der Waals surface area contributed by atoms with Crippen LogP contribution in [0.15, 0.2) is 41.3 Å². The monoisotopic (exact) mass is 414 g/mol. The molecule has 1 heterocycles. The highest BCUT2D eigenvalue weighted by Gasteiger charge is 2.28. The van der Waals surface area contributed by atoms with E-state index in [0.29, 0.717) is 29.6 Å². The number of anilines is 1. The van der Waals surface area contributed by atoms with Crippen LogP contribution < -0.4 is 24.8 Å². The molecule has 1 amide bonds. The molecule has 0 bridgehead atoms. The molecule has 1 atom stereocenters. The molecule has 2 aromatic carbocycles. The molecular weight excluding hydrogens is 388 g/mol. The topological polar surface area (TPSA) is 68.8 Å². The number of ether oxygens (including phenoxy) is 3. The van der Waals surface area contributed by atoms with Crippen LogP contribution in [-0.4, -0.2) is 31.7 Å². The first kappa shape index (κ1) is 20.9. The molecule has 1 aliphatic heterocycles. The fourth-order valence-corrected chi connectivity index (χ4v) is 3.93. The van der Waals surface area contributed by atoms with Gasteiger partial charge >= 0.3 is 0 Å². The van der Waals surface area contributed by atoms with Crippen LogP contribution in [0.4, 0.5) is 5.69 Å². The van der Waals surface area contributed by atoms with Gasteiger partial charge in [-0.2, -0.15) is 0 Å². The first-order valence-electron chi connectivity index (χ1n) is 9.54. The summed E-state index contributed by atoms with van der Waals surface area (Å²) in [4.78, 5) is 13.1. The van der Waals surface area contributed by atoms with Crippen molar-refractivity contribution in [2.24, 2.45) is 0 Å². The highest BCUT2D eigenvalue weighted by Crippen LogP contribution is 2.35. The number of thioether (sulfide) groups is 1. The van der Waals surface area contributed by atoms with E-state index in [2.05, 4.69) is 10.6 Å². The van der Waals surface area contributed by atoms with Crippen LogP contribution in [0.25, 0.3) is 6.08 Å². The minimum absolute atomic E-state index is 0.119. The van der Waals surface area contributed by atoms with Crippen molar-refractivity contribution in [3.63, 3.8) is 0 Å². The fraction of sp³-hybridized carbons (Fsp3) is 0.318. The number of rotatable bonds is 8. The van der Waals surface area contributed by atoms with E-state index in [4.69, 9.17) is 14.2 Å². The number of methoxy groups -OCH3 is 1. The number of nitrogens with one attached hydrogen (secondary N) is 2. The normalized spacial score (nSPS) is 17.2. The van der Waals surface area contributed by atoms with E-state index >= 15 is 0 Å². The highest BCUT2D eigenvalue weighted by molar-refractivity contribution is 8.05. The lowest BCUT2D eigenvalue weighted by molar-refractivity contribution is -0.116. The Hall–Kier alpha value is -2.80. The predicted octanol–water partition coefficient (Wildman–Crippen LogP) is 4.40. The van der Waals surface area contributed by atoms with Gasteiger partial charge in [0.05, 0.1) is 30.9 Å². The van der Waals surface area contributed by atoms with Gasteiger partial charge in [0.1, 0.15) is 5.75 Å². The molecule has 0 spiro atoms. The molecule has 6 nitrogen and oxygen atoms in total. The van der Waals surface area contributed by atoms with E-state index in [1.165, 1.54) is 11.8 Å². The molecule has 1 fully saturated rings. The Kier molecular flexibility index (Phi) is 6.93. The summed E-state index contributed by atoms with van der Waals surface area (Å²) in [6.07, 6.45) is 1.85. The molecular formula is C22H26N2O4S. The number of carbonyl (C=O) groups is 1. The first-order valence-corrected chi connectivity index (χ1v) is 10.4. The van der Waals surface area contributed by atoms with Crippen LogP contribution in [0.2, 0.25) is 0 Å². The number of amides is 1. The Morgan fingerprint density at radius 1 is 1.07 bits per heavy atom. The highest BCUT2D eigenvalue weighted by atomic mass is 32.2. The van der Waals surface area contributed by atoms with Crippen LogP contribution in [0, 0.1) is 6.92 Å². The second-order valence-electron chi connectivity index (χ2n) is 6.40. The fourth-order valence-electron chi connectivity index (χ4n) is 2.95. The van der Waals surface area contributed by atoms with Crippen LogP contribution >= 0.6 is 11.8 Å². The number of carbonyl (C=O) groups excluding carboxylic acids is 1. The molecule has 2 aromatic rings. The Balaban J connectivity index is 1.77. The quantitative estimate of drug-likeness (QED) is 0.624. The van der Waals surface area contributed by atoms with E-state index in [9.17, 15) is 4.79 Å². The zero-order valence-electron chi connectivity index (χ0n) is 17.1. The van der Waals surface area contributed by atoms with Gasteiger partial charge in [-0.1, -0.05) is 23.9 Å². The van der Waals surface area contributed by atoms with Crippen molar-refractivity contribution in [2.45, 2.75) is 26.3 Å². The summed E-state index contributed by atoms with van der Waals surface area (Å²) < 4.78 is 16.7. The summed E-state index contributed by atoms with van der Waals surface area (Å²) >= 11 is 1.43. The molecule has 154 valence electrons. The SMILES string of the molecule is CCOc1ccc(/C=C2\SC(Nc3cc(C)ccc3OC)NC2=O)cc1OCC. The number of benzene rings is 2. The molecule has 0 aliphatic carbocycles. The average Bonchev–Trinajstić information content (AvgIpc) is 3.03. The number of hydrogen-bond acceptors (Lipinski definition) is 6.